The van der Waals surface area contributed by atoms with E-state index >= 15 is 0 Å². The summed E-state index contributed by atoms with van der Waals surface area (Å²) in [5.41, 5.74) is 1.70. The van der Waals surface area contributed by atoms with Crippen LogP contribution in [0.5, 0.6) is 0 Å². The van der Waals surface area contributed by atoms with Crippen molar-refractivity contribution in [2.24, 2.45) is 0 Å². The number of morpholine rings is 1. The third-order valence-electron chi connectivity index (χ3n) is 6.42. The van der Waals surface area contributed by atoms with Gasteiger partial charge in [-0.3, -0.25) is 4.79 Å². The number of sulfonamides is 1. The Balaban J connectivity index is 1.56. The number of thiophene rings is 1. The summed E-state index contributed by atoms with van der Waals surface area (Å²) in [6, 6.07) is 6.32. The van der Waals surface area contributed by atoms with Gasteiger partial charge in [-0.15, -0.1) is 11.3 Å². The monoisotopic (exact) mass is 522 g/mol. The molecule has 9 nitrogen and oxygen atoms in total. The van der Waals surface area contributed by atoms with E-state index in [-0.39, 0.29) is 11.5 Å². The number of anilines is 1. The average molecular weight is 523 g/mol. The van der Waals surface area contributed by atoms with Crippen molar-refractivity contribution in [1.29, 1.82) is 0 Å². The molecular formula is C24H32N3O6S2+. The summed E-state index contributed by atoms with van der Waals surface area (Å²) in [6.07, 6.45) is 0.747. The molecule has 3 heterocycles. The Labute approximate surface area is 210 Å². The van der Waals surface area contributed by atoms with Crippen molar-refractivity contribution in [2.45, 2.75) is 44.7 Å². The number of hydrogen-bond donors (Lipinski definition) is 2. The molecule has 2 aromatic rings. The van der Waals surface area contributed by atoms with Crippen LogP contribution in [-0.4, -0.2) is 70.1 Å². The van der Waals surface area contributed by atoms with Gasteiger partial charge in [0.25, 0.3) is 5.91 Å². The van der Waals surface area contributed by atoms with Crippen LogP contribution >= 0.6 is 11.3 Å². The highest BCUT2D eigenvalue weighted by atomic mass is 32.2. The zero-order valence-corrected chi connectivity index (χ0v) is 21.9. The molecule has 1 fully saturated rings. The number of nitrogens with zero attached hydrogens (tertiary/aromatic N) is 1. The molecular weight excluding hydrogens is 490 g/mol. The van der Waals surface area contributed by atoms with Crippen molar-refractivity contribution >= 4 is 38.2 Å². The van der Waals surface area contributed by atoms with Crippen molar-refractivity contribution in [1.82, 2.24) is 4.31 Å². The summed E-state index contributed by atoms with van der Waals surface area (Å²) in [4.78, 5) is 28.5. The number of carbonyl (C=O) groups is 2. The van der Waals surface area contributed by atoms with Gasteiger partial charge in [0.2, 0.25) is 10.0 Å². The molecule has 0 radical (unpaired) electrons. The summed E-state index contributed by atoms with van der Waals surface area (Å²) < 4.78 is 37.6. The van der Waals surface area contributed by atoms with E-state index in [9.17, 15) is 18.0 Å². The molecule has 2 aliphatic rings. The zero-order valence-electron chi connectivity index (χ0n) is 20.3. The first kappa shape index (κ1) is 25.8. The molecule has 1 aromatic carbocycles. The summed E-state index contributed by atoms with van der Waals surface area (Å²) in [6.45, 7) is 9.41. The fourth-order valence-electron chi connectivity index (χ4n) is 4.39. The van der Waals surface area contributed by atoms with Crippen LogP contribution in [0.15, 0.2) is 29.2 Å². The Hall–Kier alpha value is -2.31. The van der Waals surface area contributed by atoms with Crippen LogP contribution in [0.1, 0.15) is 51.9 Å². The molecule has 1 saturated heterocycles. The molecule has 2 N–H and O–H groups in total. The van der Waals surface area contributed by atoms with E-state index in [1.807, 2.05) is 0 Å². The molecule has 2 aliphatic heterocycles. The predicted octanol–water partition coefficient (Wildman–Crippen LogP) is 1.55. The first-order valence-electron chi connectivity index (χ1n) is 11.9. The Bertz CT molecular complexity index is 1180. The molecule has 0 bridgehead atoms. The number of rotatable bonds is 7. The number of fused-ring (bicyclic) bond motifs is 1. The molecule has 35 heavy (non-hydrogen) atoms. The van der Waals surface area contributed by atoms with Crippen molar-refractivity contribution < 1.29 is 32.4 Å². The summed E-state index contributed by atoms with van der Waals surface area (Å²) in [5, 5.41) is 3.36. The quantitative estimate of drug-likeness (QED) is 0.535. The van der Waals surface area contributed by atoms with Gasteiger partial charge in [-0.2, -0.15) is 4.31 Å². The normalized spacial score (nSPS) is 18.8. The largest absolute Gasteiger partial charge is 0.462 e. The van der Waals surface area contributed by atoms with Crippen LogP contribution in [0.2, 0.25) is 0 Å². The molecule has 11 heteroatoms. The number of carbonyl (C=O) groups excluding carboxylic acids is 2. The highest BCUT2D eigenvalue weighted by Gasteiger charge is 2.32. The van der Waals surface area contributed by atoms with Gasteiger partial charge in [-0.25, -0.2) is 13.2 Å². The lowest BCUT2D eigenvalue weighted by molar-refractivity contribution is -0.936. The molecule has 0 saturated carbocycles. The minimum atomic E-state index is -3.64. The first-order chi connectivity index (χ1) is 16.7. The van der Waals surface area contributed by atoms with Gasteiger partial charge in [-0.05, 0) is 50.6 Å². The molecule has 1 atom stereocenters. The SMILES string of the molecule is CCOC(=O)c1c(NC(=O)c2ccc(S(=O)(=O)N3CCOCC3)cc2)sc2c1CC[NH+](C(C)C)C2. The van der Waals surface area contributed by atoms with Crippen molar-refractivity contribution in [2.75, 3.05) is 44.8 Å². The minimum Gasteiger partial charge on any atom is -0.462 e. The van der Waals surface area contributed by atoms with Gasteiger partial charge in [0.15, 0.2) is 0 Å². The number of nitrogens with one attached hydrogen (secondary N) is 2. The lowest BCUT2D eigenvalue weighted by Gasteiger charge is -2.27. The highest BCUT2D eigenvalue weighted by molar-refractivity contribution is 7.89. The van der Waals surface area contributed by atoms with E-state index in [0.29, 0.717) is 48.5 Å². The van der Waals surface area contributed by atoms with Crippen LogP contribution in [-0.2, 0) is 32.5 Å². The second-order valence-corrected chi connectivity index (χ2v) is 12.0. The maximum absolute atomic E-state index is 13.1. The van der Waals surface area contributed by atoms with Gasteiger partial charge in [0, 0.05) is 25.1 Å². The minimum absolute atomic E-state index is 0.131. The fourth-order valence-corrected chi connectivity index (χ4v) is 7.08. The highest BCUT2D eigenvalue weighted by Crippen LogP contribution is 2.35. The number of benzene rings is 1. The first-order valence-corrected chi connectivity index (χ1v) is 14.1. The lowest BCUT2D eigenvalue weighted by atomic mass is 10.0. The molecule has 0 aliphatic carbocycles. The number of hydrogen-bond acceptors (Lipinski definition) is 7. The standard InChI is InChI=1S/C24H31N3O6S2/c1-4-33-24(29)21-19-9-10-26(16(2)3)15-20(19)34-23(21)25-22(28)17-5-7-18(8-6-17)35(30,31)27-11-13-32-14-12-27/h5-8,16H,4,9-15H2,1-3H3,(H,25,28)/p+1. The third-order valence-corrected chi connectivity index (χ3v) is 9.48. The molecule has 1 unspecified atom stereocenters. The Kier molecular flexibility index (Phi) is 7.92. The van der Waals surface area contributed by atoms with E-state index in [4.69, 9.17) is 9.47 Å². The van der Waals surface area contributed by atoms with Crippen LogP contribution in [0.3, 0.4) is 0 Å². The van der Waals surface area contributed by atoms with Crippen molar-refractivity contribution in [3.8, 4) is 0 Å². The third kappa shape index (κ3) is 5.44. The summed E-state index contributed by atoms with van der Waals surface area (Å²) in [7, 11) is -3.64. The van der Waals surface area contributed by atoms with Crippen LogP contribution in [0, 0.1) is 0 Å². The second-order valence-electron chi connectivity index (χ2n) is 8.91. The van der Waals surface area contributed by atoms with Crippen LogP contribution in [0.25, 0.3) is 0 Å². The van der Waals surface area contributed by atoms with E-state index in [1.54, 1.807) is 6.92 Å². The van der Waals surface area contributed by atoms with Gasteiger partial charge >= 0.3 is 5.97 Å². The fraction of sp³-hybridized carbons (Fsp3) is 0.500. The van der Waals surface area contributed by atoms with Crippen LogP contribution < -0.4 is 10.2 Å². The van der Waals surface area contributed by atoms with E-state index in [2.05, 4.69) is 19.2 Å². The molecule has 190 valence electrons. The lowest BCUT2D eigenvalue weighted by Crippen LogP contribution is -3.14. The molecule has 4 rings (SSSR count). The smallest absolute Gasteiger partial charge is 0.341 e. The molecule has 1 aromatic heterocycles. The van der Waals surface area contributed by atoms with Gasteiger partial charge in [-0.1, -0.05) is 0 Å². The Morgan fingerprint density at radius 3 is 2.51 bits per heavy atom. The van der Waals surface area contributed by atoms with E-state index < -0.39 is 21.9 Å². The summed E-state index contributed by atoms with van der Waals surface area (Å²) >= 11 is 1.42. The second kappa shape index (κ2) is 10.8. The van der Waals surface area contributed by atoms with Gasteiger partial charge < -0.3 is 19.7 Å². The maximum atomic E-state index is 13.1. The number of quaternary nitrogens is 1. The van der Waals surface area contributed by atoms with Gasteiger partial charge in [0.05, 0.1) is 47.7 Å². The van der Waals surface area contributed by atoms with E-state index in [1.165, 1.54) is 44.8 Å². The molecule has 1 amide bonds. The average Bonchev–Trinajstić information content (AvgIpc) is 3.21. The Morgan fingerprint density at radius 1 is 1.20 bits per heavy atom. The Morgan fingerprint density at radius 2 is 1.89 bits per heavy atom. The van der Waals surface area contributed by atoms with E-state index in [0.717, 1.165) is 30.0 Å². The van der Waals surface area contributed by atoms with Crippen LogP contribution in [0.4, 0.5) is 5.00 Å². The predicted molar refractivity (Wildman–Crippen MR) is 133 cm³/mol. The maximum Gasteiger partial charge on any atom is 0.341 e. The van der Waals surface area contributed by atoms with Gasteiger partial charge in [0.1, 0.15) is 11.5 Å². The number of ether oxygens (including phenoxy) is 2. The number of amides is 1. The van der Waals surface area contributed by atoms with Crippen molar-refractivity contribution in [3.05, 3.63) is 45.8 Å². The zero-order chi connectivity index (χ0) is 25.2. The summed E-state index contributed by atoms with van der Waals surface area (Å²) in [5.74, 6) is -0.835. The topological polar surface area (TPSA) is 106 Å². The molecule has 0 spiro atoms. The van der Waals surface area contributed by atoms with Crippen molar-refractivity contribution in [3.63, 3.8) is 0 Å². The number of esters is 1.